The number of aromatic nitrogens is 2. The van der Waals surface area contributed by atoms with Gasteiger partial charge in [-0.3, -0.25) is 24.0 Å². The van der Waals surface area contributed by atoms with Crippen molar-refractivity contribution >= 4 is 22.8 Å². The summed E-state index contributed by atoms with van der Waals surface area (Å²) in [6.45, 7) is 1.08. The van der Waals surface area contributed by atoms with Crippen molar-refractivity contribution in [2.45, 2.75) is 63.8 Å². The van der Waals surface area contributed by atoms with Crippen LogP contribution in [0.5, 0.6) is 0 Å². The topological polar surface area (TPSA) is 85.1 Å². The van der Waals surface area contributed by atoms with Gasteiger partial charge < -0.3 is 5.32 Å². The van der Waals surface area contributed by atoms with E-state index < -0.39 is 6.04 Å². The van der Waals surface area contributed by atoms with E-state index in [9.17, 15) is 14.4 Å². The van der Waals surface area contributed by atoms with E-state index in [-0.39, 0.29) is 23.9 Å². The van der Waals surface area contributed by atoms with Gasteiger partial charge in [-0.05, 0) is 50.9 Å². The fourth-order valence-corrected chi connectivity index (χ4v) is 4.28. The van der Waals surface area contributed by atoms with Crippen LogP contribution in [-0.2, 0) is 23.1 Å². The van der Waals surface area contributed by atoms with Gasteiger partial charge in [-0.1, -0.05) is 37.8 Å². The van der Waals surface area contributed by atoms with Gasteiger partial charge in [-0.2, -0.15) is 0 Å². The zero-order valence-electron chi connectivity index (χ0n) is 17.5. The molecule has 0 spiro atoms. The smallest absolute Gasteiger partial charge is 0.320 e. The molecule has 1 unspecified atom stereocenters. The fraction of sp³-hybridized carbons (Fsp3) is 0.591. The predicted octanol–water partition coefficient (Wildman–Crippen LogP) is 2.42. The largest absolute Gasteiger partial charge is 0.329 e. The number of rotatable bonds is 10. The third-order valence-corrected chi connectivity index (χ3v) is 5.83. The van der Waals surface area contributed by atoms with E-state index in [1.165, 1.54) is 32.1 Å². The summed E-state index contributed by atoms with van der Waals surface area (Å²) >= 11 is 0. The monoisotopic (exact) mass is 400 g/mol. The molecule has 29 heavy (non-hydrogen) atoms. The SMILES string of the molecule is CNCCCCCCCCc1cccc2c1n(C)c(=O)n2C1CCC(=O)NC1=O. The van der Waals surface area contributed by atoms with Gasteiger partial charge in [-0.25, -0.2) is 4.79 Å². The van der Waals surface area contributed by atoms with Gasteiger partial charge in [0.2, 0.25) is 11.8 Å². The molecular formula is C22H32N4O3. The normalized spacial score (nSPS) is 17.1. The van der Waals surface area contributed by atoms with E-state index in [2.05, 4.69) is 16.7 Å². The van der Waals surface area contributed by atoms with Crippen LogP contribution in [0.4, 0.5) is 0 Å². The molecule has 7 nitrogen and oxygen atoms in total. The number of hydrogen-bond acceptors (Lipinski definition) is 4. The maximum absolute atomic E-state index is 12.9. The lowest BCUT2D eigenvalue weighted by atomic mass is 10.0. The van der Waals surface area contributed by atoms with Crippen molar-refractivity contribution < 1.29 is 9.59 Å². The Morgan fingerprint density at radius 3 is 2.52 bits per heavy atom. The number of carbonyl (C=O) groups excluding carboxylic acids is 2. The van der Waals surface area contributed by atoms with Gasteiger partial charge in [-0.15, -0.1) is 0 Å². The summed E-state index contributed by atoms with van der Waals surface area (Å²) in [5, 5.41) is 5.54. The number of aryl methyl sites for hydroxylation is 2. The highest BCUT2D eigenvalue weighted by Crippen LogP contribution is 2.25. The van der Waals surface area contributed by atoms with E-state index in [1.807, 2.05) is 19.2 Å². The molecule has 7 heteroatoms. The highest BCUT2D eigenvalue weighted by Gasteiger charge is 2.31. The number of hydrogen-bond donors (Lipinski definition) is 2. The Morgan fingerprint density at radius 1 is 1.07 bits per heavy atom. The lowest BCUT2D eigenvalue weighted by Crippen LogP contribution is -2.44. The number of amides is 2. The minimum Gasteiger partial charge on any atom is -0.320 e. The molecule has 1 aliphatic rings. The summed E-state index contributed by atoms with van der Waals surface area (Å²) in [6, 6.07) is 5.30. The van der Waals surface area contributed by atoms with Gasteiger partial charge >= 0.3 is 5.69 Å². The van der Waals surface area contributed by atoms with Crippen LogP contribution in [-0.4, -0.2) is 34.5 Å². The van der Waals surface area contributed by atoms with Gasteiger partial charge in [0.15, 0.2) is 0 Å². The highest BCUT2D eigenvalue weighted by molar-refractivity contribution is 6.00. The summed E-state index contributed by atoms with van der Waals surface area (Å²) in [4.78, 5) is 36.7. The second-order valence-corrected chi connectivity index (χ2v) is 7.94. The van der Waals surface area contributed by atoms with Crippen molar-refractivity contribution in [3.8, 4) is 0 Å². The van der Waals surface area contributed by atoms with Crippen molar-refractivity contribution in [1.29, 1.82) is 0 Å². The first kappa shape index (κ1) is 21.3. The number of benzene rings is 1. The number of para-hydroxylation sites is 1. The molecule has 2 N–H and O–H groups in total. The van der Waals surface area contributed by atoms with Crippen LogP contribution >= 0.6 is 0 Å². The first-order valence-corrected chi connectivity index (χ1v) is 10.7. The maximum Gasteiger partial charge on any atom is 0.329 e. The van der Waals surface area contributed by atoms with Crippen LogP contribution in [0.3, 0.4) is 0 Å². The average molecular weight is 401 g/mol. The number of piperidine rings is 1. The molecule has 1 aromatic carbocycles. The van der Waals surface area contributed by atoms with Crippen LogP contribution in [0.1, 0.15) is 63.0 Å². The predicted molar refractivity (Wildman–Crippen MR) is 114 cm³/mol. The van der Waals surface area contributed by atoms with Crippen molar-refractivity contribution in [3.63, 3.8) is 0 Å². The maximum atomic E-state index is 12.9. The molecule has 0 radical (unpaired) electrons. The van der Waals surface area contributed by atoms with Gasteiger partial charge in [0.25, 0.3) is 0 Å². The van der Waals surface area contributed by atoms with Crippen molar-refractivity contribution in [2.24, 2.45) is 7.05 Å². The Morgan fingerprint density at radius 2 is 1.79 bits per heavy atom. The standard InChI is InChI=1S/C22H32N4O3/c1-23-15-8-6-4-3-5-7-10-16-11-9-12-17-20(16)25(2)22(29)26(17)18-13-14-19(27)24-21(18)28/h9,11-12,18,23H,3-8,10,13-15H2,1-2H3,(H,24,27,28). The minimum atomic E-state index is -0.628. The Bertz CT molecular complexity index is 928. The van der Waals surface area contributed by atoms with E-state index in [4.69, 9.17) is 0 Å². The highest BCUT2D eigenvalue weighted by atomic mass is 16.2. The zero-order valence-corrected chi connectivity index (χ0v) is 17.5. The van der Waals surface area contributed by atoms with E-state index in [0.717, 1.165) is 36.0 Å². The number of carbonyl (C=O) groups is 2. The summed E-state index contributed by atoms with van der Waals surface area (Å²) in [6.07, 6.45) is 8.79. The zero-order chi connectivity index (χ0) is 20.8. The molecule has 2 amide bonds. The molecule has 0 bridgehead atoms. The van der Waals surface area contributed by atoms with Crippen LogP contribution < -0.4 is 16.3 Å². The average Bonchev–Trinajstić information content (AvgIpc) is 2.95. The van der Waals surface area contributed by atoms with Gasteiger partial charge in [0.05, 0.1) is 11.0 Å². The van der Waals surface area contributed by atoms with Gasteiger partial charge in [0.1, 0.15) is 6.04 Å². The van der Waals surface area contributed by atoms with Crippen molar-refractivity contribution in [2.75, 3.05) is 13.6 Å². The van der Waals surface area contributed by atoms with E-state index >= 15 is 0 Å². The molecule has 1 saturated heterocycles. The lowest BCUT2D eigenvalue weighted by molar-refractivity contribution is -0.135. The second-order valence-electron chi connectivity index (χ2n) is 7.94. The first-order valence-electron chi connectivity index (χ1n) is 10.7. The Labute approximate surface area is 171 Å². The van der Waals surface area contributed by atoms with Gasteiger partial charge in [0, 0.05) is 13.5 Å². The second kappa shape index (κ2) is 9.87. The van der Waals surface area contributed by atoms with Crippen molar-refractivity contribution in [1.82, 2.24) is 19.8 Å². The fourth-order valence-electron chi connectivity index (χ4n) is 4.28. The molecule has 2 heterocycles. The van der Waals surface area contributed by atoms with Crippen LogP contribution in [0, 0.1) is 0 Å². The number of fused-ring (bicyclic) bond motifs is 1. The van der Waals surface area contributed by atoms with E-state index in [0.29, 0.717) is 6.42 Å². The Balaban J connectivity index is 1.72. The molecule has 2 aromatic rings. The number of imide groups is 1. The van der Waals surface area contributed by atoms with Crippen molar-refractivity contribution in [3.05, 3.63) is 34.2 Å². The number of nitrogens with one attached hydrogen (secondary N) is 2. The summed E-state index contributed by atoms with van der Waals surface area (Å²) < 4.78 is 3.20. The molecule has 3 rings (SSSR count). The molecule has 1 atom stereocenters. The van der Waals surface area contributed by atoms with Crippen LogP contribution in [0.15, 0.2) is 23.0 Å². The molecule has 1 aliphatic heterocycles. The summed E-state index contributed by atoms with van der Waals surface area (Å²) in [5.41, 5.74) is 2.61. The first-order chi connectivity index (χ1) is 14.0. The third kappa shape index (κ3) is 4.78. The quantitative estimate of drug-likeness (QED) is 0.474. The molecule has 0 saturated carbocycles. The van der Waals surface area contributed by atoms with E-state index in [1.54, 1.807) is 16.2 Å². The third-order valence-electron chi connectivity index (χ3n) is 5.83. The molecule has 0 aliphatic carbocycles. The minimum absolute atomic E-state index is 0.202. The molecular weight excluding hydrogens is 368 g/mol. The molecule has 158 valence electrons. The number of unbranched alkanes of at least 4 members (excludes halogenated alkanes) is 5. The lowest BCUT2D eigenvalue weighted by Gasteiger charge is -2.21. The Kier molecular flexibility index (Phi) is 7.25. The number of imidazole rings is 1. The molecule has 1 fully saturated rings. The van der Waals surface area contributed by atoms with Crippen LogP contribution in [0.25, 0.3) is 11.0 Å². The summed E-state index contributed by atoms with van der Waals surface area (Å²) in [7, 11) is 3.75. The summed E-state index contributed by atoms with van der Waals surface area (Å²) in [5.74, 6) is -0.661. The number of nitrogens with zero attached hydrogens (tertiary/aromatic N) is 2. The van der Waals surface area contributed by atoms with Crippen LogP contribution in [0.2, 0.25) is 0 Å². The Hall–Kier alpha value is -2.41. The molecule has 1 aromatic heterocycles.